The highest BCUT2D eigenvalue weighted by atomic mass is 35.5. The molecular weight excluding hydrogens is 397 g/mol. The Morgan fingerprint density at radius 2 is 2.23 bits per heavy atom. The zero-order valence-electron chi connectivity index (χ0n) is 14.4. The van der Waals surface area contributed by atoms with Gasteiger partial charge in [-0.05, 0) is 37.6 Å². The fourth-order valence-corrected chi connectivity index (χ4v) is 3.18. The fourth-order valence-electron chi connectivity index (χ4n) is 2.63. The Balaban J connectivity index is 0.00000169. The maximum Gasteiger partial charge on any atom is 0.251 e. The summed E-state index contributed by atoms with van der Waals surface area (Å²) in [6, 6.07) is 5.41. The number of piperidine rings is 1. The van der Waals surface area contributed by atoms with Crippen molar-refractivity contribution in [3.63, 3.8) is 0 Å². The van der Waals surface area contributed by atoms with Crippen LogP contribution in [0, 0.1) is 0 Å². The molecule has 1 saturated heterocycles. The van der Waals surface area contributed by atoms with Crippen molar-refractivity contribution in [3.8, 4) is 11.5 Å². The van der Waals surface area contributed by atoms with E-state index in [2.05, 4.69) is 15.6 Å². The second-order valence-corrected chi connectivity index (χ2v) is 6.37. The SMILES string of the molecule is COc1cc(C(=O)N[C@H]2CCCNC2)ccc1OCc1cscn1.Cl.Cl. The van der Waals surface area contributed by atoms with E-state index in [0.29, 0.717) is 23.7 Å². The van der Waals surface area contributed by atoms with Crippen molar-refractivity contribution in [1.29, 1.82) is 0 Å². The van der Waals surface area contributed by atoms with Gasteiger partial charge in [0, 0.05) is 23.5 Å². The van der Waals surface area contributed by atoms with E-state index < -0.39 is 0 Å². The van der Waals surface area contributed by atoms with Crippen LogP contribution in [0.25, 0.3) is 0 Å². The average Bonchev–Trinajstić information content (AvgIpc) is 3.14. The van der Waals surface area contributed by atoms with Gasteiger partial charge in [0.2, 0.25) is 0 Å². The van der Waals surface area contributed by atoms with E-state index in [1.807, 2.05) is 5.38 Å². The number of halogens is 2. The van der Waals surface area contributed by atoms with Gasteiger partial charge in [0.25, 0.3) is 5.91 Å². The zero-order chi connectivity index (χ0) is 16.8. The van der Waals surface area contributed by atoms with Gasteiger partial charge in [-0.25, -0.2) is 4.98 Å². The van der Waals surface area contributed by atoms with Gasteiger partial charge in [-0.3, -0.25) is 4.79 Å². The molecule has 0 saturated carbocycles. The minimum atomic E-state index is -0.0898. The first-order valence-corrected chi connectivity index (χ1v) is 8.90. The van der Waals surface area contributed by atoms with E-state index >= 15 is 0 Å². The first-order valence-electron chi connectivity index (χ1n) is 7.96. The summed E-state index contributed by atoms with van der Waals surface area (Å²) in [5.74, 6) is 1.05. The highest BCUT2D eigenvalue weighted by molar-refractivity contribution is 7.07. The van der Waals surface area contributed by atoms with Gasteiger partial charge in [0.05, 0.1) is 18.3 Å². The number of aromatic nitrogens is 1. The molecular formula is C17H23Cl2N3O3S. The number of rotatable bonds is 6. The molecule has 1 aliphatic rings. The van der Waals surface area contributed by atoms with Gasteiger partial charge in [-0.2, -0.15) is 0 Å². The van der Waals surface area contributed by atoms with Gasteiger partial charge < -0.3 is 20.1 Å². The highest BCUT2D eigenvalue weighted by Crippen LogP contribution is 2.29. The summed E-state index contributed by atoms with van der Waals surface area (Å²) < 4.78 is 11.1. The van der Waals surface area contributed by atoms with Crippen LogP contribution in [0.3, 0.4) is 0 Å². The average molecular weight is 420 g/mol. The third-order valence-electron chi connectivity index (χ3n) is 3.92. The summed E-state index contributed by atoms with van der Waals surface area (Å²) in [6.45, 7) is 2.21. The van der Waals surface area contributed by atoms with Crippen LogP contribution in [0.2, 0.25) is 0 Å². The van der Waals surface area contributed by atoms with Crippen molar-refractivity contribution in [2.24, 2.45) is 0 Å². The molecule has 1 atom stereocenters. The second-order valence-electron chi connectivity index (χ2n) is 5.65. The lowest BCUT2D eigenvalue weighted by Gasteiger charge is -2.24. The Bertz CT molecular complexity index is 680. The van der Waals surface area contributed by atoms with Crippen LogP contribution in [0.4, 0.5) is 0 Å². The Kier molecular flexibility index (Phi) is 9.72. The predicted molar refractivity (Wildman–Crippen MR) is 107 cm³/mol. The quantitative estimate of drug-likeness (QED) is 0.752. The maximum atomic E-state index is 12.4. The number of thiazole rings is 1. The second kappa shape index (κ2) is 11.2. The minimum absolute atomic E-state index is 0. The number of amides is 1. The van der Waals surface area contributed by atoms with Gasteiger partial charge in [0.1, 0.15) is 6.61 Å². The standard InChI is InChI=1S/C17H21N3O3S.2ClH/c1-22-16-7-12(17(21)20-13-3-2-6-18-8-13)4-5-15(16)23-9-14-10-24-11-19-14;;/h4-5,7,10-11,13,18H,2-3,6,8-9H2,1H3,(H,20,21);2*1H/t13-;;/m0../s1. The molecule has 0 radical (unpaired) electrons. The lowest BCUT2D eigenvalue weighted by Crippen LogP contribution is -2.45. The highest BCUT2D eigenvalue weighted by Gasteiger charge is 2.17. The Morgan fingerprint density at radius 3 is 2.88 bits per heavy atom. The predicted octanol–water partition coefficient (Wildman–Crippen LogP) is 3.06. The molecule has 0 bridgehead atoms. The number of hydrogen-bond donors (Lipinski definition) is 2. The van der Waals surface area contributed by atoms with Crippen molar-refractivity contribution in [1.82, 2.24) is 15.6 Å². The number of ether oxygens (including phenoxy) is 2. The molecule has 1 aromatic carbocycles. The van der Waals surface area contributed by atoms with E-state index in [-0.39, 0.29) is 36.8 Å². The molecule has 144 valence electrons. The molecule has 1 fully saturated rings. The van der Waals surface area contributed by atoms with Crippen LogP contribution < -0.4 is 20.1 Å². The zero-order valence-corrected chi connectivity index (χ0v) is 16.8. The first-order chi connectivity index (χ1) is 11.8. The van der Waals surface area contributed by atoms with Gasteiger partial charge in [-0.1, -0.05) is 0 Å². The van der Waals surface area contributed by atoms with Crippen molar-refractivity contribution in [3.05, 3.63) is 40.3 Å². The van der Waals surface area contributed by atoms with Crippen molar-refractivity contribution >= 4 is 42.1 Å². The van der Waals surface area contributed by atoms with E-state index in [0.717, 1.165) is 31.6 Å². The molecule has 6 nitrogen and oxygen atoms in total. The number of nitrogens with one attached hydrogen (secondary N) is 2. The van der Waals surface area contributed by atoms with Crippen LogP contribution in [0.15, 0.2) is 29.1 Å². The maximum absolute atomic E-state index is 12.4. The molecule has 1 amide bonds. The number of nitrogens with zero attached hydrogens (tertiary/aromatic N) is 1. The summed E-state index contributed by atoms with van der Waals surface area (Å²) in [4.78, 5) is 16.6. The van der Waals surface area contributed by atoms with Gasteiger partial charge in [0.15, 0.2) is 11.5 Å². The number of benzene rings is 1. The van der Waals surface area contributed by atoms with Crippen LogP contribution in [-0.2, 0) is 6.61 Å². The largest absolute Gasteiger partial charge is 0.493 e. The molecule has 9 heteroatoms. The summed E-state index contributed by atoms with van der Waals surface area (Å²) in [5.41, 5.74) is 3.20. The number of methoxy groups -OCH3 is 1. The van der Waals surface area contributed by atoms with Crippen LogP contribution in [0.1, 0.15) is 28.9 Å². The summed E-state index contributed by atoms with van der Waals surface area (Å²) >= 11 is 1.53. The summed E-state index contributed by atoms with van der Waals surface area (Å²) in [5, 5.41) is 8.28. The first kappa shape index (κ1) is 22.5. The fraction of sp³-hybridized carbons (Fsp3) is 0.412. The lowest BCUT2D eigenvalue weighted by molar-refractivity contribution is 0.0930. The van der Waals surface area contributed by atoms with Gasteiger partial charge >= 0.3 is 0 Å². The lowest BCUT2D eigenvalue weighted by atomic mass is 10.1. The number of carbonyl (C=O) groups excluding carboxylic acids is 1. The molecule has 2 aromatic rings. The number of carbonyl (C=O) groups is 1. The molecule has 2 N–H and O–H groups in total. The van der Waals surface area contributed by atoms with Gasteiger partial charge in [-0.15, -0.1) is 36.2 Å². The molecule has 0 spiro atoms. The molecule has 3 rings (SSSR count). The molecule has 2 heterocycles. The van der Waals surface area contributed by atoms with Crippen LogP contribution >= 0.6 is 36.2 Å². The molecule has 26 heavy (non-hydrogen) atoms. The third-order valence-corrected chi connectivity index (χ3v) is 4.55. The Morgan fingerprint density at radius 1 is 1.38 bits per heavy atom. The van der Waals surface area contributed by atoms with E-state index in [1.54, 1.807) is 30.8 Å². The Hall–Kier alpha value is -1.54. The smallest absolute Gasteiger partial charge is 0.251 e. The minimum Gasteiger partial charge on any atom is -0.493 e. The van der Waals surface area contributed by atoms with E-state index in [4.69, 9.17) is 9.47 Å². The monoisotopic (exact) mass is 419 g/mol. The normalized spacial score (nSPS) is 16.0. The van der Waals surface area contributed by atoms with E-state index in [9.17, 15) is 4.79 Å². The molecule has 1 aromatic heterocycles. The number of hydrogen-bond acceptors (Lipinski definition) is 6. The molecule has 0 aliphatic carbocycles. The summed E-state index contributed by atoms with van der Waals surface area (Å²) in [7, 11) is 1.57. The van der Waals surface area contributed by atoms with Crippen molar-refractivity contribution in [2.45, 2.75) is 25.5 Å². The third kappa shape index (κ3) is 6.02. The summed E-state index contributed by atoms with van der Waals surface area (Å²) in [6.07, 6.45) is 2.09. The molecule has 1 aliphatic heterocycles. The molecule has 0 unspecified atom stereocenters. The van der Waals surface area contributed by atoms with Crippen molar-refractivity contribution < 1.29 is 14.3 Å². The van der Waals surface area contributed by atoms with Crippen molar-refractivity contribution in [2.75, 3.05) is 20.2 Å². The van der Waals surface area contributed by atoms with Crippen LogP contribution in [0.5, 0.6) is 11.5 Å². The Labute approximate surface area is 169 Å². The van der Waals surface area contributed by atoms with E-state index in [1.165, 1.54) is 11.3 Å². The topological polar surface area (TPSA) is 72.5 Å². The van der Waals surface area contributed by atoms with Crippen LogP contribution in [-0.4, -0.2) is 37.1 Å².